The number of benzene rings is 3. The van der Waals surface area contributed by atoms with E-state index in [0.29, 0.717) is 40.1 Å². The van der Waals surface area contributed by atoms with Crippen LogP contribution in [0.15, 0.2) is 72.4 Å². The zero-order chi connectivity index (χ0) is 23.5. The summed E-state index contributed by atoms with van der Waals surface area (Å²) in [5.41, 5.74) is 2.90. The zero-order valence-electron chi connectivity index (χ0n) is 18.5. The molecule has 0 bridgehead atoms. The van der Waals surface area contributed by atoms with Gasteiger partial charge in [0.15, 0.2) is 0 Å². The largest absolute Gasteiger partial charge is 0.497 e. The quantitative estimate of drug-likeness (QED) is 0.473. The molecule has 0 saturated heterocycles. The van der Waals surface area contributed by atoms with E-state index in [1.807, 2.05) is 19.9 Å². The van der Waals surface area contributed by atoms with E-state index in [9.17, 15) is 9.59 Å². The van der Waals surface area contributed by atoms with Gasteiger partial charge >= 0.3 is 0 Å². The number of amides is 2. The van der Waals surface area contributed by atoms with Gasteiger partial charge in [0.2, 0.25) is 0 Å². The molecule has 3 aromatic carbocycles. The normalized spacial score (nSPS) is 13.5. The molecular formula is C26H23ClN2O4. The molecule has 1 N–H and O–H groups in total. The lowest BCUT2D eigenvalue weighted by molar-refractivity contribution is -0.120. The molecule has 0 spiro atoms. The van der Waals surface area contributed by atoms with Crippen LogP contribution in [0.2, 0.25) is 5.02 Å². The Kier molecular flexibility index (Phi) is 6.38. The molecule has 7 heteroatoms. The fourth-order valence-electron chi connectivity index (χ4n) is 3.66. The predicted molar refractivity (Wildman–Crippen MR) is 130 cm³/mol. The van der Waals surface area contributed by atoms with E-state index in [2.05, 4.69) is 5.32 Å². The molecule has 0 radical (unpaired) electrons. The molecule has 2 amide bonds. The molecule has 168 valence electrons. The van der Waals surface area contributed by atoms with Gasteiger partial charge in [-0.05, 0) is 61.4 Å². The minimum atomic E-state index is -0.459. The Bertz CT molecular complexity index is 1250. The van der Waals surface area contributed by atoms with Crippen molar-refractivity contribution in [3.8, 4) is 11.5 Å². The molecular weight excluding hydrogens is 440 g/mol. The van der Waals surface area contributed by atoms with Crippen LogP contribution in [0.4, 0.5) is 11.4 Å². The number of halogens is 1. The maximum atomic E-state index is 13.6. The summed E-state index contributed by atoms with van der Waals surface area (Å²) >= 11 is 6.28. The zero-order valence-corrected chi connectivity index (χ0v) is 19.3. The molecule has 0 saturated carbocycles. The van der Waals surface area contributed by atoms with Gasteiger partial charge in [-0.2, -0.15) is 0 Å². The topological polar surface area (TPSA) is 67.9 Å². The van der Waals surface area contributed by atoms with Crippen molar-refractivity contribution in [2.75, 3.05) is 23.9 Å². The Balaban J connectivity index is 1.82. The Morgan fingerprint density at radius 1 is 0.939 bits per heavy atom. The minimum absolute atomic E-state index is 0.178. The lowest BCUT2D eigenvalue weighted by Crippen LogP contribution is -2.32. The Labute approximate surface area is 197 Å². The van der Waals surface area contributed by atoms with Crippen LogP contribution in [0.25, 0.3) is 5.57 Å². The highest BCUT2D eigenvalue weighted by molar-refractivity contribution is 6.46. The number of hydrogen-bond acceptors (Lipinski definition) is 5. The average molecular weight is 463 g/mol. The number of hydrogen-bond donors (Lipinski definition) is 1. The summed E-state index contributed by atoms with van der Waals surface area (Å²) < 4.78 is 10.8. The monoisotopic (exact) mass is 462 g/mol. The number of nitrogens with one attached hydrogen (secondary N) is 1. The van der Waals surface area contributed by atoms with Crippen molar-refractivity contribution in [1.29, 1.82) is 0 Å². The first-order valence-electron chi connectivity index (χ1n) is 10.5. The fourth-order valence-corrected chi connectivity index (χ4v) is 3.84. The van der Waals surface area contributed by atoms with Gasteiger partial charge in [-0.25, -0.2) is 4.90 Å². The molecule has 1 aliphatic heterocycles. The van der Waals surface area contributed by atoms with E-state index in [0.717, 1.165) is 10.5 Å². The van der Waals surface area contributed by atoms with Gasteiger partial charge in [0.05, 0.1) is 25.0 Å². The third-order valence-corrected chi connectivity index (χ3v) is 5.79. The van der Waals surface area contributed by atoms with Crippen LogP contribution in [0.5, 0.6) is 11.5 Å². The molecule has 0 aromatic heterocycles. The number of carbonyl (C=O) groups is 2. The fraction of sp³-hybridized carbons (Fsp3) is 0.154. The highest BCUT2D eigenvalue weighted by Gasteiger charge is 2.40. The summed E-state index contributed by atoms with van der Waals surface area (Å²) in [7, 11) is 1.57. The molecule has 6 nitrogen and oxygen atoms in total. The van der Waals surface area contributed by atoms with Crippen molar-refractivity contribution < 1.29 is 19.1 Å². The second kappa shape index (κ2) is 9.38. The highest BCUT2D eigenvalue weighted by Crippen LogP contribution is 2.36. The Hall–Kier alpha value is -3.77. The second-order valence-electron chi connectivity index (χ2n) is 7.39. The SMILES string of the molecule is CCOc1cccc(N2C(=O)C(Nc3cccc(Cl)c3C)=C(c3ccc(OC)cc3)C2=O)c1. The number of carbonyl (C=O) groups excluding carboxylic acids is 2. The molecule has 33 heavy (non-hydrogen) atoms. The summed E-state index contributed by atoms with van der Waals surface area (Å²) in [5, 5.41) is 3.73. The number of ether oxygens (including phenoxy) is 2. The third-order valence-electron chi connectivity index (χ3n) is 5.38. The van der Waals surface area contributed by atoms with Crippen molar-refractivity contribution in [1.82, 2.24) is 0 Å². The minimum Gasteiger partial charge on any atom is -0.497 e. The molecule has 4 rings (SSSR count). The number of imide groups is 1. The Morgan fingerprint density at radius 2 is 1.67 bits per heavy atom. The van der Waals surface area contributed by atoms with E-state index in [1.54, 1.807) is 67.8 Å². The van der Waals surface area contributed by atoms with Gasteiger partial charge in [0.1, 0.15) is 17.2 Å². The first-order valence-corrected chi connectivity index (χ1v) is 10.8. The smallest absolute Gasteiger partial charge is 0.282 e. The van der Waals surface area contributed by atoms with Crippen molar-refractivity contribution in [2.24, 2.45) is 0 Å². The van der Waals surface area contributed by atoms with E-state index in [4.69, 9.17) is 21.1 Å². The number of nitrogens with zero attached hydrogens (tertiary/aromatic N) is 1. The van der Waals surface area contributed by atoms with E-state index in [1.165, 1.54) is 0 Å². The summed E-state index contributed by atoms with van der Waals surface area (Å²) in [5.74, 6) is 0.339. The molecule has 1 heterocycles. The summed E-state index contributed by atoms with van der Waals surface area (Å²) in [4.78, 5) is 28.3. The summed E-state index contributed by atoms with van der Waals surface area (Å²) in [6.07, 6.45) is 0. The third kappa shape index (κ3) is 4.30. The van der Waals surface area contributed by atoms with Crippen LogP contribution in [-0.4, -0.2) is 25.5 Å². The van der Waals surface area contributed by atoms with Crippen molar-refractivity contribution in [3.05, 3.63) is 88.6 Å². The summed E-state index contributed by atoms with van der Waals surface area (Å²) in [6, 6.07) is 19.3. The first-order chi connectivity index (χ1) is 15.9. The molecule has 0 aliphatic carbocycles. The van der Waals surface area contributed by atoms with Gasteiger partial charge in [-0.1, -0.05) is 35.9 Å². The highest BCUT2D eigenvalue weighted by atomic mass is 35.5. The summed E-state index contributed by atoms with van der Waals surface area (Å²) in [6.45, 7) is 4.20. The maximum Gasteiger partial charge on any atom is 0.282 e. The average Bonchev–Trinajstić information content (AvgIpc) is 3.06. The van der Waals surface area contributed by atoms with Crippen molar-refractivity contribution in [3.63, 3.8) is 0 Å². The van der Waals surface area contributed by atoms with Crippen LogP contribution in [0, 0.1) is 6.92 Å². The van der Waals surface area contributed by atoms with E-state index >= 15 is 0 Å². The van der Waals surface area contributed by atoms with Gasteiger partial charge in [-0.15, -0.1) is 0 Å². The lowest BCUT2D eigenvalue weighted by Gasteiger charge is -2.17. The lowest BCUT2D eigenvalue weighted by atomic mass is 10.0. The van der Waals surface area contributed by atoms with Crippen LogP contribution >= 0.6 is 11.6 Å². The van der Waals surface area contributed by atoms with Crippen LogP contribution in [0.3, 0.4) is 0 Å². The molecule has 0 atom stereocenters. The van der Waals surface area contributed by atoms with Crippen molar-refractivity contribution >= 4 is 40.4 Å². The van der Waals surface area contributed by atoms with E-state index in [-0.39, 0.29) is 11.3 Å². The molecule has 1 aliphatic rings. The molecule has 0 unspecified atom stereocenters. The van der Waals surface area contributed by atoms with Crippen molar-refractivity contribution in [2.45, 2.75) is 13.8 Å². The molecule has 3 aromatic rings. The second-order valence-corrected chi connectivity index (χ2v) is 7.80. The van der Waals surface area contributed by atoms with Gasteiger partial charge < -0.3 is 14.8 Å². The number of rotatable bonds is 7. The van der Waals surface area contributed by atoms with Gasteiger partial charge in [-0.3, -0.25) is 9.59 Å². The number of methoxy groups -OCH3 is 1. The van der Waals surface area contributed by atoms with Crippen LogP contribution in [0.1, 0.15) is 18.1 Å². The van der Waals surface area contributed by atoms with Gasteiger partial charge in [0, 0.05) is 16.8 Å². The number of anilines is 2. The first kappa shape index (κ1) is 22.4. The molecule has 0 fully saturated rings. The predicted octanol–water partition coefficient (Wildman–Crippen LogP) is 5.45. The Morgan fingerprint density at radius 3 is 2.36 bits per heavy atom. The maximum absolute atomic E-state index is 13.6. The van der Waals surface area contributed by atoms with E-state index < -0.39 is 11.8 Å². The van der Waals surface area contributed by atoms with Crippen LogP contribution < -0.4 is 19.7 Å². The standard InChI is InChI=1S/C26H23ClN2O4/c1-4-33-20-8-5-7-18(15-20)29-25(30)23(17-11-13-19(32-3)14-12-17)24(26(29)31)28-22-10-6-9-21(27)16(22)2/h5-15,28H,4H2,1-3H3. The van der Waals surface area contributed by atoms with Gasteiger partial charge in [0.25, 0.3) is 11.8 Å². The van der Waals surface area contributed by atoms with Crippen LogP contribution in [-0.2, 0) is 9.59 Å².